The van der Waals surface area contributed by atoms with Gasteiger partial charge in [-0.05, 0) is 36.0 Å². The number of aryl methyl sites for hydroxylation is 1. The normalized spacial score (nSPS) is 10.9. The first-order valence-corrected chi connectivity index (χ1v) is 5.18. The SMILES string of the molecule is CC(C)(C)CCc1ccc(N=C=O)cc1. The summed E-state index contributed by atoms with van der Waals surface area (Å²) in [5, 5.41) is 0. The van der Waals surface area contributed by atoms with Gasteiger partial charge in [-0.15, -0.1) is 0 Å². The molecule has 0 saturated heterocycles. The molecule has 0 aliphatic heterocycles. The molecule has 0 heterocycles. The lowest BCUT2D eigenvalue weighted by atomic mass is 9.89. The second-order valence-corrected chi connectivity index (χ2v) is 4.93. The van der Waals surface area contributed by atoms with Gasteiger partial charge in [-0.25, -0.2) is 4.79 Å². The van der Waals surface area contributed by atoms with Crippen LogP contribution in [0.15, 0.2) is 29.3 Å². The van der Waals surface area contributed by atoms with Crippen LogP contribution in [-0.4, -0.2) is 6.08 Å². The maximum atomic E-state index is 10.0. The molecule has 15 heavy (non-hydrogen) atoms. The van der Waals surface area contributed by atoms with Gasteiger partial charge in [0.1, 0.15) is 0 Å². The van der Waals surface area contributed by atoms with Crippen molar-refractivity contribution in [1.82, 2.24) is 0 Å². The van der Waals surface area contributed by atoms with Crippen LogP contribution in [0.3, 0.4) is 0 Å². The summed E-state index contributed by atoms with van der Waals surface area (Å²) in [6.07, 6.45) is 3.75. The van der Waals surface area contributed by atoms with Gasteiger partial charge in [-0.1, -0.05) is 32.9 Å². The van der Waals surface area contributed by atoms with Gasteiger partial charge in [0.2, 0.25) is 6.08 Å². The van der Waals surface area contributed by atoms with Crippen molar-refractivity contribution in [1.29, 1.82) is 0 Å². The summed E-state index contributed by atoms with van der Waals surface area (Å²) < 4.78 is 0. The molecule has 0 aliphatic carbocycles. The highest BCUT2D eigenvalue weighted by molar-refractivity contribution is 5.49. The molecule has 2 heteroatoms. The zero-order valence-corrected chi connectivity index (χ0v) is 9.58. The molecule has 80 valence electrons. The van der Waals surface area contributed by atoms with E-state index in [0.29, 0.717) is 11.1 Å². The van der Waals surface area contributed by atoms with Crippen molar-refractivity contribution < 1.29 is 4.79 Å². The summed E-state index contributed by atoms with van der Waals surface area (Å²) in [5.74, 6) is 0. The second kappa shape index (κ2) is 4.90. The lowest BCUT2D eigenvalue weighted by Gasteiger charge is -2.17. The van der Waals surface area contributed by atoms with Crippen LogP contribution in [0.2, 0.25) is 0 Å². The summed E-state index contributed by atoms with van der Waals surface area (Å²) in [6.45, 7) is 6.70. The monoisotopic (exact) mass is 203 g/mol. The summed E-state index contributed by atoms with van der Waals surface area (Å²) in [6, 6.07) is 7.73. The van der Waals surface area contributed by atoms with Gasteiger partial charge in [0.25, 0.3) is 0 Å². The molecule has 0 bridgehead atoms. The Labute approximate surface area is 91.0 Å². The smallest absolute Gasteiger partial charge is 0.211 e. The molecule has 1 aromatic carbocycles. The van der Waals surface area contributed by atoms with E-state index in [1.807, 2.05) is 24.3 Å². The number of benzene rings is 1. The molecule has 0 fully saturated rings. The number of nitrogens with zero attached hydrogens (tertiary/aromatic N) is 1. The number of isocyanates is 1. The fourth-order valence-electron chi connectivity index (χ4n) is 1.31. The highest BCUT2D eigenvalue weighted by atomic mass is 16.1. The molecule has 1 rings (SSSR count). The molecule has 0 atom stereocenters. The Hall–Kier alpha value is -1.40. The van der Waals surface area contributed by atoms with Gasteiger partial charge < -0.3 is 0 Å². The van der Waals surface area contributed by atoms with Crippen molar-refractivity contribution in [3.63, 3.8) is 0 Å². The Balaban J connectivity index is 2.61. The van der Waals surface area contributed by atoms with Crippen LogP contribution in [0.5, 0.6) is 0 Å². The Morgan fingerprint density at radius 3 is 2.27 bits per heavy atom. The minimum absolute atomic E-state index is 0.361. The minimum Gasteiger partial charge on any atom is -0.211 e. The topological polar surface area (TPSA) is 29.4 Å². The van der Waals surface area contributed by atoms with E-state index in [0.717, 1.165) is 12.8 Å². The number of rotatable bonds is 3. The Bertz CT molecular complexity index is 353. The molecule has 0 spiro atoms. The summed E-state index contributed by atoms with van der Waals surface area (Å²) in [7, 11) is 0. The molecule has 0 aromatic heterocycles. The van der Waals surface area contributed by atoms with Gasteiger partial charge in [-0.3, -0.25) is 0 Å². The van der Waals surface area contributed by atoms with Crippen LogP contribution in [0.4, 0.5) is 5.69 Å². The summed E-state index contributed by atoms with van der Waals surface area (Å²) in [4.78, 5) is 13.6. The third kappa shape index (κ3) is 4.57. The number of hydrogen-bond donors (Lipinski definition) is 0. The van der Waals surface area contributed by atoms with Crippen LogP contribution in [0.25, 0.3) is 0 Å². The first kappa shape index (κ1) is 11.7. The Morgan fingerprint density at radius 2 is 1.80 bits per heavy atom. The van der Waals surface area contributed by atoms with E-state index < -0.39 is 0 Å². The van der Waals surface area contributed by atoms with E-state index in [4.69, 9.17) is 0 Å². The highest BCUT2D eigenvalue weighted by Crippen LogP contribution is 2.22. The number of hydrogen-bond acceptors (Lipinski definition) is 2. The second-order valence-electron chi connectivity index (χ2n) is 4.93. The van der Waals surface area contributed by atoms with E-state index in [1.165, 1.54) is 11.6 Å². The highest BCUT2D eigenvalue weighted by Gasteiger charge is 2.09. The van der Waals surface area contributed by atoms with Crippen molar-refractivity contribution in [2.24, 2.45) is 10.4 Å². The third-order valence-corrected chi connectivity index (χ3v) is 2.27. The van der Waals surface area contributed by atoms with Crippen LogP contribution < -0.4 is 0 Å². The van der Waals surface area contributed by atoms with E-state index in [2.05, 4.69) is 25.8 Å². The van der Waals surface area contributed by atoms with Crippen molar-refractivity contribution in [2.75, 3.05) is 0 Å². The zero-order valence-electron chi connectivity index (χ0n) is 9.58. The number of carbonyl (C=O) groups excluding carboxylic acids is 1. The van der Waals surface area contributed by atoms with Gasteiger partial charge in [0.05, 0.1) is 5.69 Å². The maximum absolute atomic E-state index is 10.0. The number of aliphatic imine (C=N–C) groups is 1. The van der Waals surface area contributed by atoms with Crippen molar-refractivity contribution >= 4 is 11.8 Å². The standard InChI is InChI=1S/C13H17NO/c1-13(2,3)9-8-11-4-6-12(7-5-11)14-10-15/h4-7H,8-9H2,1-3H3. The van der Waals surface area contributed by atoms with Crippen molar-refractivity contribution in [3.8, 4) is 0 Å². The Morgan fingerprint density at radius 1 is 1.20 bits per heavy atom. The molecular formula is C13H17NO. The van der Waals surface area contributed by atoms with Crippen molar-refractivity contribution in [3.05, 3.63) is 29.8 Å². The molecule has 0 amide bonds. The maximum Gasteiger partial charge on any atom is 0.240 e. The van der Waals surface area contributed by atoms with Crippen LogP contribution >= 0.6 is 0 Å². The lowest BCUT2D eigenvalue weighted by Crippen LogP contribution is -2.06. The average Bonchev–Trinajstić information content (AvgIpc) is 2.16. The van der Waals surface area contributed by atoms with E-state index in [1.54, 1.807) is 0 Å². The average molecular weight is 203 g/mol. The lowest BCUT2D eigenvalue weighted by molar-refractivity contribution is 0.378. The molecule has 0 N–H and O–H groups in total. The third-order valence-electron chi connectivity index (χ3n) is 2.27. The molecule has 1 aromatic rings. The predicted octanol–water partition coefficient (Wildman–Crippen LogP) is 3.63. The van der Waals surface area contributed by atoms with Gasteiger partial charge in [-0.2, -0.15) is 4.99 Å². The predicted molar refractivity (Wildman–Crippen MR) is 62.0 cm³/mol. The first-order valence-electron chi connectivity index (χ1n) is 5.18. The fraction of sp³-hybridized carbons (Fsp3) is 0.462. The van der Waals surface area contributed by atoms with Gasteiger partial charge >= 0.3 is 0 Å². The molecule has 2 nitrogen and oxygen atoms in total. The molecular weight excluding hydrogens is 186 g/mol. The van der Waals surface area contributed by atoms with Crippen LogP contribution in [0, 0.1) is 5.41 Å². The van der Waals surface area contributed by atoms with E-state index in [-0.39, 0.29) is 0 Å². The van der Waals surface area contributed by atoms with Crippen LogP contribution in [-0.2, 0) is 11.2 Å². The van der Waals surface area contributed by atoms with Gasteiger partial charge in [0, 0.05) is 0 Å². The summed E-state index contributed by atoms with van der Waals surface area (Å²) >= 11 is 0. The minimum atomic E-state index is 0.361. The summed E-state index contributed by atoms with van der Waals surface area (Å²) in [5.41, 5.74) is 2.32. The molecule has 0 unspecified atom stereocenters. The molecule has 0 radical (unpaired) electrons. The largest absolute Gasteiger partial charge is 0.240 e. The molecule has 0 aliphatic rings. The van der Waals surface area contributed by atoms with Crippen molar-refractivity contribution in [2.45, 2.75) is 33.6 Å². The Kier molecular flexibility index (Phi) is 3.81. The zero-order chi connectivity index (χ0) is 11.3. The first-order chi connectivity index (χ1) is 7.01. The quantitative estimate of drug-likeness (QED) is 0.545. The van der Waals surface area contributed by atoms with Gasteiger partial charge in [0.15, 0.2) is 0 Å². The fourth-order valence-corrected chi connectivity index (χ4v) is 1.31. The van der Waals surface area contributed by atoms with E-state index >= 15 is 0 Å². The molecule has 0 saturated carbocycles. The van der Waals surface area contributed by atoms with Crippen LogP contribution in [0.1, 0.15) is 32.8 Å². The van der Waals surface area contributed by atoms with E-state index in [9.17, 15) is 4.79 Å².